The lowest BCUT2D eigenvalue weighted by Gasteiger charge is -2.32. The van der Waals surface area contributed by atoms with Gasteiger partial charge < -0.3 is 14.4 Å². The summed E-state index contributed by atoms with van der Waals surface area (Å²) >= 11 is 0. The van der Waals surface area contributed by atoms with Crippen molar-refractivity contribution in [1.82, 2.24) is 0 Å². The summed E-state index contributed by atoms with van der Waals surface area (Å²) in [5, 5.41) is 0. The molecule has 2 aromatic rings. The molecule has 6 nitrogen and oxygen atoms in total. The summed E-state index contributed by atoms with van der Waals surface area (Å²) in [7, 11) is 0. The van der Waals surface area contributed by atoms with Gasteiger partial charge in [0.25, 0.3) is 5.91 Å². The van der Waals surface area contributed by atoms with E-state index in [2.05, 4.69) is 0 Å². The Morgan fingerprint density at radius 2 is 1.86 bits per heavy atom. The summed E-state index contributed by atoms with van der Waals surface area (Å²) in [4.78, 5) is 38.3. The first-order valence-electron chi connectivity index (χ1n) is 8.93. The average molecular weight is 385 g/mol. The molecule has 0 aromatic heterocycles. The molecule has 1 aliphatic rings. The van der Waals surface area contributed by atoms with E-state index >= 15 is 0 Å². The van der Waals surface area contributed by atoms with E-state index in [-0.39, 0.29) is 24.4 Å². The monoisotopic (exact) mass is 385 g/mol. The van der Waals surface area contributed by atoms with Gasteiger partial charge in [0.05, 0.1) is 12.1 Å². The molecule has 2 atom stereocenters. The first kappa shape index (κ1) is 19.5. The van der Waals surface area contributed by atoms with E-state index < -0.39 is 29.8 Å². The standard InChI is InChI=1S/C21H20FNO5/c1-13(20(25)15-7-9-16(22)10-8-15)28-19(24)11-12-23-17-5-3-4-6-18(17)27-14(2)21(23)26/h3-10,13-14H,11-12H2,1-2H3/t13-,14+/m1/s1. The maximum absolute atomic E-state index is 13.0. The van der Waals surface area contributed by atoms with Gasteiger partial charge in [0.1, 0.15) is 11.6 Å². The lowest BCUT2D eigenvalue weighted by molar-refractivity contribution is -0.146. The number of carbonyl (C=O) groups is 3. The van der Waals surface area contributed by atoms with Crippen LogP contribution in [0.25, 0.3) is 0 Å². The molecule has 0 unspecified atom stereocenters. The quantitative estimate of drug-likeness (QED) is 0.564. The number of ketones is 1. The van der Waals surface area contributed by atoms with E-state index in [1.54, 1.807) is 31.2 Å². The molecule has 146 valence electrons. The fraction of sp³-hybridized carbons (Fsp3) is 0.286. The van der Waals surface area contributed by atoms with Crippen molar-refractivity contribution in [2.75, 3.05) is 11.4 Å². The highest BCUT2D eigenvalue weighted by Gasteiger charge is 2.31. The van der Waals surface area contributed by atoms with Gasteiger partial charge in [-0.2, -0.15) is 0 Å². The molecule has 1 amide bonds. The summed E-state index contributed by atoms with van der Waals surface area (Å²) in [6.45, 7) is 3.22. The third-order valence-corrected chi connectivity index (χ3v) is 4.42. The van der Waals surface area contributed by atoms with E-state index in [4.69, 9.17) is 9.47 Å². The zero-order valence-electron chi connectivity index (χ0n) is 15.6. The molecule has 1 heterocycles. The molecule has 1 aliphatic heterocycles. The van der Waals surface area contributed by atoms with Gasteiger partial charge >= 0.3 is 5.97 Å². The minimum atomic E-state index is -1.01. The fourth-order valence-electron chi connectivity index (χ4n) is 2.95. The van der Waals surface area contributed by atoms with Crippen LogP contribution in [-0.2, 0) is 14.3 Å². The molecule has 0 radical (unpaired) electrons. The summed E-state index contributed by atoms with van der Waals surface area (Å²) in [5.74, 6) is -1.15. The molecule has 7 heteroatoms. The zero-order valence-corrected chi connectivity index (χ0v) is 15.6. The van der Waals surface area contributed by atoms with Gasteiger partial charge in [-0.15, -0.1) is 0 Å². The second-order valence-electron chi connectivity index (χ2n) is 6.47. The Hall–Kier alpha value is -3.22. The van der Waals surface area contributed by atoms with Gasteiger partial charge in [-0.25, -0.2) is 4.39 Å². The Morgan fingerprint density at radius 3 is 2.57 bits per heavy atom. The maximum atomic E-state index is 13.0. The Labute approximate surface area is 161 Å². The van der Waals surface area contributed by atoms with Gasteiger partial charge in [0, 0.05) is 12.1 Å². The fourth-order valence-corrected chi connectivity index (χ4v) is 2.95. The normalized spacial score (nSPS) is 16.8. The number of hydrogen-bond acceptors (Lipinski definition) is 5. The van der Waals surface area contributed by atoms with Crippen LogP contribution in [-0.4, -0.2) is 36.4 Å². The number of amides is 1. The topological polar surface area (TPSA) is 72.9 Å². The summed E-state index contributed by atoms with van der Waals surface area (Å²) < 4.78 is 23.7. The smallest absolute Gasteiger partial charge is 0.308 e. The van der Waals surface area contributed by atoms with E-state index in [1.165, 1.54) is 36.1 Å². The third kappa shape index (κ3) is 4.19. The van der Waals surface area contributed by atoms with Crippen molar-refractivity contribution in [3.8, 4) is 5.75 Å². The van der Waals surface area contributed by atoms with E-state index in [1.807, 2.05) is 0 Å². The number of rotatable bonds is 6. The largest absolute Gasteiger partial charge is 0.479 e. The predicted octanol–water partition coefficient (Wildman–Crippen LogP) is 3.14. The number of ether oxygens (including phenoxy) is 2. The van der Waals surface area contributed by atoms with Crippen LogP contribution < -0.4 is 9.64 Å². The Kier molecular flexibility index (Phi) is 5.73. The highest BCUT2D eigenvalue weighted by Crippen LogP contribution is 2.33. The Morgan fingerprint density at radius 1 is 1.18 bits per heavy atom. The van der Waals surface area contributed by atoms with Gasteiger partial charge in [-0.05, 0) is 50.2 Å². The van der Waals surface area contributed by atoms with Gasteiger partial charge in [-0.1, -0.05) is 12.1 Å². The van der Waals surface area contributed by atoms with Crippen molar-refractivity contribution < 1.29 is 28.2 Å². The second-order valence-corrected chi connectivity index (χ2v) is 6.47. The summed E-state index contributed by atoms with van der Waals surface area (Å²) in [6, 6.07) is 12.1. The number of anilines is 1. The number of benzene rings is 2. The number of carbonyl (C=O) groups excluding carboxylic acids is 3. The SMILES string of the molecule is C[C@@H]1Oc2ccccc2N(CCC(=O)O[C@H](C)C(=O)c2ccc(F)cc2)C1=O. The molecule has 0 N–H and O–H groups in total. The highest BCUT2D eigenvalue weighted by atomic mass is 19.1. The Balaban J connectivity index is 1.60. The van der Waals surface area contributed by atoms with E-state index in [9.17, 15) is 18.8 Å². The lowest BCUT2D eigenvalue weighted by atomic mass is 10.1. The molecule has 0 saturated heterocycles. The molecule has 0 bridgehead atoms. The summed E-state index contributed by atoms with van der Waals surface area (Å²) in [6.07, 6.45) is -1.73. The van der Waals surface area contributed by atoms with Crippen LogP contribution in [0.4, 0.5) is 10.1 Å². The maximum Gasteiger partial charge on any atom is 0.308 e. The van der Waals surface area contributed by atoms with Crippen LogP contribution in [0.1, 0.15) is 30.6 Å². The van der Waals surface area contributed by atoms with Crippen LogP contribution in [0.2, 0.25) is 0 Å². The number of Topliss-reactive ketones (excluding diaryl/α,β-unsaturated/α-hetero) is 1. The van der Waals surface area contributed by atoms with Crippen LogP contribution in [0.5, 0.6) is 5.75 Å². The van der Waals surface area contributed by atoms with E-state index in [0.717, 1.165) is 0 Å². The van der Waals surface area contributed by atoms with Crippen molar-refractivity contribution in [2.24, 2.45) is 0 Å². The minimum Gasteiger partial charge on any atom is -0.479 e. The van der Waals surface area contributed by atoms with Crippen molar-refractivity contribution in [3.63, 3.8) is 0 Å². The molecule has 0 saturated carbocycles. The number of hydrogen-bond donors (Lipinski definition) is 0. The van der Waals surface area contributed by atoms with E-state index in [0.29, 0.717) is 11.4 Å². The van der Waals surface area contributed by atoms with Crippen molar-refractivity contribution in [3.05, 3.63) is 59.9 Å². The van der Waals surface area contributed by atoms with Crippen molar-refractivity contribution >= 4 is 23.3 Å². The first-order valence-corrected chi connectivity index (χ1v) is 8.93. The van der Waals surface area contributed by atoms with Crippen LogP contribution >= 0.6 is 0 Å². The number of nitrogens with zero attached hydrogens (tertiary/aromatic N) is 1. The molecular weight excluding hydrogens is 365 g/mol. The minimum absolute atomic E-state index is 0.0756. The Bertz CT molecular complexity index is 896. The molecule has 2 aromatic carbocycles. The molecular formula is C21H20FNO5. The molecule has 3 rings (SSSR count). The number of fused-ring (bicyclic) bond motifs is 1. The van der Waals surface area contributed by atoms with Crippen LogP contribution in [0, 0.1) is 5.82 Å². The van der Waals surface area contributed by atoms with Gasteiger partial charge in [0.2, 0.25) is 5.78 Å². The van der Waals surface area contributed by atoms with Crippen LogP contribution in [0.15, 0.2) is 48.5 Å². The predicted molar refractivity (Wildman–Crippen MR) is 99.8 cm³/mol. The highest BCUT2D eigenvalue weighted by molar-refractivity contribution is 6.01. The second kappa shape index (κ2) is 8.21. The summed E-state index contributed by atoms with van der Waals surface area (Å²) in [5.41, 5.74) is 0.849. The zero-order chi connectivity index (χ0) is 20.3. The number of esters is 1. The number of halogens is 1. The molecule has 0 aliphatic carbocycles. The van der Waals surface area contributed by atoms with Crippen molar-refractivity contribution in [1.29, 1.82) is 0 Å². The van der Waals surface area contributed by atoms with Crippen molar-refractivity contribution in [2.45, 2.75) is 32.5 Å². The van der Waals surface area contributed by atoms with Crippen LogP contribution in [0.3, 0.4) is 0 Å². The van der Waals surface area contributed by atoms with Gasteiger partial charge in [-0.3, -0.25) is 14.4 Å². The van der Waals surface area contributed by atoms with Gasteiger partial charge in [0.15, 0.2) is 12.2 Å². The third-order valence-electron chi connectivity index (χ3n) is 4.42. The molecule has 0 fully saturated rings. The average Bonchev–Trinajstić information content (AvgIpc) is 2.68. The number of para-hydroxylation sites is 2. The molecule has 28 heavy (non-hydrogen) atoms. The first-order chi connectivity index (χ1) is 13.4. The lowest BCUT2D eigenvalue weighted by Crippen LogP contribution is -2.45. The molecule has 0 spiro atoms.